The van der Waals surface area contributed by atoms with Gasteiger partial charge in [-0.2, -0.15) is 0 Å². The predicted octanol–water partition coefficient (Wildman–Crippen LogP) is 1.12. The third-order valence-electron chi connectivity index (χ3n) is 4.62. The van der Waals surface area contributed by atoms with Gasteiger partial charge in [-0.15, -0.1) is 0 Å². The Bertz CT molecular complexity index is 369. The number of likely N-dealkylation sites (N-methyl/N-ethyl adjacent to an activating group) is 1. The minimum atomic E-state index is -2.91. The minimum Gasteiger partial charge on any atom is -0.329 e. The molecule has 3 unspecified atom stereocenters. The van der Waals surface area contributed by atoms with E-state index in [1.807, 2.05) is 7.05 Å². The second kappa shape index (κ2) is 5.88. The van der Waals surface area contributed by atoms with Crippen LogP contribution in [0.25, 0.3) is 0 Å². The molecule has 108 valence electrons. The molecule has 1 aliphatic rings. The summed E-state index contributed by atoms with van der Waals surface area (Å²) >= 11 is 0. The highest BCUT2D eigenvalue weighted by Crippen LogP contribution is 2.39. The van der Waals surface area contributed by atoms with Crippen LogP contribution >= 0.6 is 0 Å². The summed E-state index contributed by atoms with van der Waals surface area (Å²) in [5.74, 6) is 1.42. The first-order valence-electron chi connectivity index (χ1n) is 6.80. The van der Waals surface area contributed by atoms with Gasteiger partial charge in [-0.3, -0.25) is 4.90 Å². The van der Waals surface area contributed by atoms with Crippen LogP contribution in [0.15, 0.2) is 0 Å². The van der Waals surface area contributed by atoms with Gasteiger partial charge in [0.2, 0.25) is 0 Å². The van der Waals surface area contributed by atoms with Crippen molar-refractivity contribution in [2.45, 2.75) is 38.6 Å². The molecule has 0 aromatic carbocycles. The molecule has 0 amide bonds. The van der Waals surface area contributed by atoms with Crippen LogP contribution in [0, 0.1) is 11.8 Å². The van der Waals surface area contributed by atoms with Crippen LogP contribution in [0.2, 0.25) is 0 Å². The van der Waals surface area contributed by atoms with E-state index >= 15 is 0 Å². The van der Waals surface area contributed by atoms with E-state index in [1.54, 1.807) is 0 Å². The van der Waals surface area contributed by atoms with Gasteiger partial charge in [-0.25, -0.2) is 8.42 Å². The highest BCUT2D eigenvalue weighted by atomic mass is 32.2. The van der Waals surface area contributed by atoms with E-state index in [1.165, 1.54) is 19.1 Å². The van der Waals surface area contributed by atoms with E-state index in [2.05, 4.69) is 18.7 Å². The predicted molar refractivity (Wildman–Crippen MR) is 76.3 cm³/mol. The Balaban J connectivity index is 2.79. The zero-order chi connectivity index (χ0) is 14.0. The van der Waals surface area contributed by atoms with Crippen LogP contribution < -0.4 is 5.73 Å². The highest BCUT2D eigenvalue weighted by molar-refractivity contribution is 7.90. The fourth-order valence-electron chi connectivity index (χ4n) is 3.21. The summed E-state index contributed by atoms with van der Waals surface area (Å²) in [5.41, 5.74) is 6.01. The number of sulfone groups is 1. The first-order valence-corrected chi connectivity index (χ1v) is 8.86. The van der Waals surface area contributed by atoms with E-state index in [-0.39, 0.29) is 11.3 Å². The molecule has 2 N–H and O–H groups in total. The Kier molecular flexibility index (Phi) is 5.21. The van der Waals surface area contributed by atoms with Crippen LogP contribution in [0.1, 0.15) is 33.1 Å². The van der Waals surface area contributed by atoms with Gasteiger partial charge >= 0.3 is 0 Å². The number of nitrogens with two attached hydrogens (primary N) is 1. The summed E-state index contributed by atoms with van der Waals surface area (Å²) < 4.78 is 22.6. The maximum atomic E-state index is 11.3. The monoisotopic (exact) mass is 276 g/mol. The summed E-state index contributed by atoms with van der Waals surface area (Å²) in [4.78, 5) is 2.19. The molecule has 3 atom stereocenters. The SMILES string of the molecule is CC1CCC(C)C(CN)(N(C)CCS(C)(=O)=O)C1. The lowest BCUT2D eigenvalue weighted by Gasteiger charge is -2.50. The van der Waals surface area contributed by atoms with E-state index in [4.69, 9.17) is 5.73 Å². The van der Waals surface area contributed by atoms with Gasteiger partial charge in [-0.05, 0) is 31.7 Å². The molecule has 0 spiro atoms. The minimum absolute atomic E-state index is 0.0254. The molecule has 18 heavy (non-hydrogen) atoms. The Morgan fingerprint density at radius 3 is 2.44 bits per heavy atom. The first-order chi connectivity index (χ1) is 8.21. The zero-order valence-electron chi connectivity index (χ0n) is 12.1. The lowest BCUT2D eigenvalue weighted by atomic mass is 9.69. The highest BCUT2D eigenvalue weighted by Gasteiger charge is 2.42. The zero-order valence-corrected chi connectivity index (χ0v) is 13.0. The van der Waals surface area contributed by atoms with Gasteiger partial charge in [-0.1, -0.05) is 20.3 Å². The van der Waals surface area contributed by atoms with Crippen LogP contribution in [-0.2, 0) is 9.84 Å². The molecule has 4 nitrogen and oxygen atoms in total. The van der Waals surface area contributed by atoms with Crippen molar-refractivity contribution >= 4 is 9.84 Å². The third-order valence-corrected chi connectivity index (χ3v) is 5.55. The number of rotatable bonds is 5. The Morgan fingerprint density at radius 1 is 1.33 bits per heavy atom. The van der Waals surface area contributed by atoms with E-state index in [0.717, 1.165) is 6.42 Å². The van der Waals surface area contributed by atoms with Crippen molar-refractivity contribution in [3.63, 3.8) is 0 Å². The molecule has 1 rings (SSSR count). The maximum Gasteiger partial charge on any atom is 0.148 e. The molecule has 0 saturated heterocycles. The lowest BCUT2D eigenvalue weighted by Crippen LogP contribution is -2.59. The largest absolute Gasteiger partial charge is 0.329 e. The van der Waals surface area contributed by atoms with E-state index in [0.29, 0.717) is 24.9 Å². The molecule has 1 fully saturated rings. The molecule has 0 bridgehead atoms. The van der Waals surface area contributed by atoms with Crippen molar-refractivity contribution in [3.05, 3.63) is 0 Å². The van der Waals surface area contributed by atoms with Gasteiger partial charge in [0.1, 0.15) is 9.84 Å². The average molecular weight is 276 g/mol. The molecule has 0 aliphatic heterocycles. The Labute approximate surface area is 112 Å². The molecule has 0 heterocycles. The van der Waals surface area contributed by atoms with Crippen LogP contribution in [0.5, 0.6) is 0 Å². The maximum absolute atomic E-state index is 11.3. The van der Waals surface area contributed by atoms with Gasteiger partial charge in [0, 0.05) is 24.9 Å². The third kappa shape index (κ3) is 3.68. The molecular formula is C13H28N2O2S. The van der Waals surface area contributed by atoms with Gasteiger partial charge in [0.25, 0.3) is 0 Å². The van der Waals surface area contributed by atoms with Gasteiger partial charge in [0.15, 0.2) is 0 Å². The van der Waals surface area contributed by atoms with Crippen LogP contribution in [0.3, 0.4) is 0 Å². The molecule has 1 aliphatic carbocycles. The molecular weight excluding hydrogens is 248 g/mol. The summed E-state index contributed by atoms with van der Waals surface area (Å²) in [6, 6.07) is 0. The fraction of sp³-hybridized carbons (Fsp3) is 1.00. The average Bonchev–Trinajstić information content (AvgIpc) is 2.28. The number of hydrogen-bond acceptors (Lipinski definition) is 4. The van der Waals surface area contributed by atoms with Gasteiger partial charge in [0.05, 0.1) is 5.75 Å². The van der Waals surface area contributed by atoms with E-state index in [9.17, 15) is 8.42 Å². The topological polar surface area (TPSA) is 63.4 Å². The van der Waals surface area contributed by atoms with Crippen molar-refractivity contribution in [2.75, 3.05) is 32.1 Å². The number of hydrogen-bond donors (Lipinski definition) is 1. The van der Waals surface area contributed by atoms with E-state index < -0.39 is 9.84 Å². The van der Waals surface area contributed by atoms with Crippen molar-refractivity contribution in [1.82, 2.24) is 4.90 Å². The summed E-state index contributed by atoms with van der Waals surface area (Å²) in [6.07, 6.45) is 4.80. The molecule has 0 radical (unpaired) electrons. The van der Waals surface area contributed by atoms with Crippen molar-refractivity contribution in [1.29, 1.82) is 0 Å². The molecule has 0 aromatic heterocycles. The Hall–Kier alpha value is -0.130. The number of nitrogens with zero attached hydrogens (tertiary/aromatic N) is 1. The normalized spacial score (nSPS) is 33.9. The molecule has 0 aromatic rings. The fourth-order valence-corrected chi connectivity index (χ4v) is 3.81. The first kappa shape index (κ1) is 15.9. The van der Waals surface area contributed by atoms with Crippen molar-refractivity contribution < 1.29 is 8.42 Å². The summed E-state index contributed by atoms with van der Waals surface area (Å²) in [7, 11) is -0.886. The van der Waals surface area contributed by atoms with Crippen molar-refractivity contribution in [2.24, 2.45) is 17.6 Å². The second-order valence-corrected chi connectivity index (χ2v) is 8.41. The van der Waals surface area contributed by atoms with Gasteiger partial charge < -0.3 is 5.73 Å². The van der Waals surface area contributed by atoms with Crippen LogP contribution in [-0.4, -0.2) is 51.0 Å². The van der Waals surface area contributed by atoms with Crippen LogP contribution in [0.4, 0.5) is 0 Å². The Morgan fingerprint density at radius 2 is 1.94 bits per heavy atom. The summed E-state index contributed by atoms with van der Waals surface area (Å²) in [5, 5.41) is 0. The molecule has 1 saturated carbocycles. The lowest BCUT2D eigenvalue weighted by molar-refractivity contribution is 0.0186. The smallest absolute Gasteiger partial charge is 0.148 e. The summed E-state index contributed by atoms with van der Waals surface area (Å²) in [6.45, 7) is 5.70. The quantitative estimate of drug-likeness (QED) is 0.817. The second-order valence-electron chi connectivity index (χ2n) is 6.15. The standard InChI is InChI=1S/C13H28N2O2S/c1-11-5-6-12(2)13(9-11,10-14)15(3)7-8-18(4,16)17/h11-12H,5-10,14H2,1-4H3. The van der Waals surface area contributed by atoms with Crippen molar-refractivity contribution in [3.8, 4) is 0 Å². The molecule has 5 heteroatoms.